The minimum absolute atomic E-state index is 0.0234. The Bertz CT molecular complexity index is 1240. The van der Waals surface area contributed by atoms with Crippen LogP contribution in [0.5, 0.6) is 0 Å². The molecule has 1 N–H and O–H groups in total. The number of piperazine rings is 1. The summed E-state index contributed by atoms with van der Waals surface area (Å²) < 4.78 is 28.2. The van der Waals surface area contributed by atoms with Crippen LogP contribution in [-0.4, -0.2) is 66.5 Å². The number of carbonyl (C=O) groups excluding carboxylic acids is 2. The molecule has 0 spiro atoms. The molecule has 2 fully saturated rings. The molecule has 5 rings (SSSR count). The quantitative estimate of drug-likeness (QED) is 0.442. The van der Waals surface area contributed by atoms with E-state index in [9.17, 15) is 18.0 Å². The first-order valence-corrected chi connectivity index (χ1v) is 13.6. The van der Waals surface area contributed by atoms with Crippen molar-refractivity contribution in [2.45, 2.75) is 53.7 Å². The van der Waals surface area contributed by atoms with Crippen molar-refractivity contribution < 1.29 is 23.1 Å². The largest absolute Gasteiger partial charge is 0.396 e. The molecule has 8 nitrogen and oxygen atoms in total. The predicted molar refractivity (Wildman–Crippen MR) is 130 cm³/mol. The van der Waals surface area contributed by atoms with E-state index >= 15 is 0 Å². The number of fused-ring (bicyclic) bond motifs is 5. The van der Waals surface area contributed by atoms with Crippen molar-refractivity contribution in [3.8, 4) is 0 Å². The molecular formula is C24H26BrN3O5S. The zero-order valence-corrected chi connectivity index (χ0v) is 21.1. The fourth-order valence-electron chi connectivity index (χ4n) is 5.45. The highest BCUT2D eigenvalue weighted by Gasteiger charge is 2.67. The van der Waals surface area contributed by atoms with Gasteiger partial charge in [0.1, 0.15) is 18.2 Å². The van der Waals surface area contributed by atoms with E-state index in [2.05, 4.69) is 15.9 Å². The van der Waals surface area contributed by atoms with E-state index in [-0.39, 0.29) is 29.7 Å². The van der Waals surface area contributed by atoms with Gasteiger partial charge >= 0.3 is 0 Å². The van der Waals surface area contributed by atoms with E-state index in [0.29, 0.717) is 25.1 Å². The number of amides is 2. The van der Waals surface area contributed by atoms with Crippen LogP contribution < -0.4 is 4.31 Å². The van der Waals surface area contributed by atoms with Crippen LogP contribution in [0.2, 0.25) is 0 Å². The molecule has 3 heterocycles. The fourth-order valence-corrected chi connectivity index (χ4v) is 8.34. The van der Waals surface area contributed by atoms with E-state index in [1.54, 1.807) is 42.2 Å². The molecule has 0 unspecified atom stereocenters. The second kappa shape index (κ2) is 8.35. The van der Waals surface area contributed by atoms with Crippen molar-refractivity contribution in [2.24, 2.45) is 0 Å². The monoisotopic (exact) mass is 547 g/mol. The van der Waals surface area contributed by atoms with E-state index in [0.717, 1.165) is 5.56 Å². The number of rotatable bonds is 6. The maximum Gasteiger partial charge on any atom is 0.266 e. The number of carbonyl (C=O) groups is 2. The Balaban J connectivity index is 1.62. The molecule has 3 aliphatic heterocycles. The number of para-hydroxylation sites is 1. The topological polar surface area (TPSA) is 98.2 Å². The molecule has 0 aliphatic carbocycles. The van der Waals surface area contributed by atoms with Crippen molar-refractivity contribution in [3.63, 3.8) is 0 Å². The van der Waals surface area contributed by atoms with Gasteiger partial charge in [-0.3, -0.25) is 9.59 Å². The number of aliphatic hydroxyl groups excluding tert-OH is 1. The Morgan fingerprint density at radius 1 is 1.03 bits per heavy atom. The lowest BCUT2D eigenvalue weighted by Crippen LogP contribution is -2.66. The number of benzene rings is 2. The summed E-state index contributed by atoms with van der Waals surface area (Å²) >= 11 is 3.82. The van der Waals surface area contributed by atoms with Gasteiger partial charge in [0.25, 0.3) is 10.0 Å². The first kappa shape index (κ1) is 23.3. The van der Waals surface area contributed by atoms with E-state index < -0.39 is 32.6 Å². The average molecular weight is 548 g/mol. The summed E-state index contributed by atoms with van der Waals surface area (Å²) in [4.78, 5) is 30.4. The Hall–Kier alpha value is -2.43. The van der Waals surface area contributed by atoms with Gasteiger partial charge < -0.3 is 14.9 Å². The number of halogens is 1. The molecule has 3 aliphatic rings. The maximum atomic E-state index is 13.9. The normalized spacial score (nSPS) is 28.2. The zero-order chi connectivity index (χ0) is 24.3. The van der Waals surface area contributed by atoms with Crippen molar-refractivity contribution >= 4 is 43.5 Å². The summed E-state index contributed by atoms with van der Waals surface area (Å²) in [5, 5.41) is 9.12. The van der Waals surface area contributed by atoms with E-state index in [4.69, 9.17) is 5.11 Å². The smallest absolute Gasteiger partial charge is 0.266 e. The molecule has 10 heteroatoms. The fraction of sp³-hybridized carbons (Fsp3) is 0.417. The predicted octanol–water partition coefficient (Wildman–Crippen LogP) is 2.42. The second-order valence-electron chi connectivity index (χ2n) is 8.97. The van der Waals surface area contributed by atoms with Gasteiger partial charge in [-0.15, -0.1) is 0 Å². The third-order valence-electron chi connectivity index (χ3n) is 7.06. The molecule has 2 saturated heterocycles. The third-order valence-corrected chi connectivity index (χ3v) is 10.0. The molecule has 0 bridgehead atoms. The van der Waals surface area contributed by atoms with Gasteiger partial charge in [0, 0.05) is 19.6 Å². The second-order valence-corrected chi connectivity index (χ2v) is 12.2. The third kappa shape index (κ3) is 3.22. The molecule has 2 aromatic carbocycles. The molecule has 0 radical (unpaired) electrons. The molecule has 0 aromatic heterocycles. The van der Waals surface area contributed by atoms with Gasteiger partial charge in [0.2, 0.25) is 11.8 Å². The number of unbranched alkanes of at least 4 members (excludes halogenated alkanes) is 1. The lowest BCUT2D eigenvalue weighted by atomic mass is 9.95. The average Bonchev–Trinajstić information content (AvgIpc) is 3.28. The number of anilines is 1. The summed E-state index contributed by atoms with van der Waals surface area (Å²) in [6.45, 7) is 2.08. The highest BCUT2D eigenvalue weighted by Crippen LogP contribution is 2.59. The minimum atomic E-state index is -4.03. The summed E-state index contributed by atoms with van der Waals surface area (Å²) in [5.74, 6) is -0.464. The van der Waals surface area contributed by atoms with Crippen LogP contribution in [0.3, 0.4) is 0 Å². The van der Waals surface area contributed by atoms with Gasteiger partial charge in [0.15, 0.2) is 0 Å². The van der Waals surface area contributed by atoms with Crippen LogP contribution in [0.15, 0.2) is 59.5 Å². The van der Waals surface area contributed by atoms with Crippen LogP contribution in [0.25, 0.3) is 0 Å². The SMILES string of the molecule is C[C@H]1C(=O)N2[C@@H](C[C@]3(Br)c4ccccc4N(S(=O)(=O)c4ccccc4)[C@H]23)C(=O)N1CCCCO. The molecule has 2 aromatic rings. The van der Waals surface area contributed by atoms with Crippen molar-refractivity contribution in [2.75, 3.05) is 17.5 Å². The Morgan fingerprint density at radius 3 is 2.41 bits per heavy atom. The van der Waals surface area contributed by atoms with Gasteiger partial charge in [-0.05, 0) is 43.5 Å². The molecular weight excluding hydrogens is 522 g/mol. The number of nitrogens with zero attached hydrogens (tertiary/aromatic N) is 3. The Kier molecular flexibility index (Phi) is 5.73. The molecule has 0 saturated carbocycles. The summed E-state index contributed by atoms with van der Waals surface area (Å²) in [6.07, 6.45) is 0.495. The van der Waals surface area contributed by atoms with E-state index in [1.807, 2.05) is 12.1 Å². The number of alkyl halides is 1. The van der Waals surface area contributed by atoms with Gasteiger partial charge in [-0.1, -0.05) is 52.3 Å². The van der Waals surface area contributed by atoms with Crippen LogP contribution in [-0.2, 0) is 23.9 Å². The number of sulfonamides is 1. The molecule has 4 atom stereocenters. The van der Waals surface area contributed by atoms with Crippen molar-refractivity contribution in [1.82, 2.24) is 9.80 Å². The lowest BCUT2D eigenvalue weighted by Gasteiger charge is -2.44. The molecule has 180 valence electrons. The summed E-state index contributed by atoms with van der Waals surface area (Å²) in [5.41, 5.74) is 1.25. The minimum Gasteiger partial charge on any atom is -0.396 e. The van der Waals surface area contributed by atoms with Crippen LogP contribution in [0.1, 0.15) is 31.7 Å². The Labute approximate surface area is 207 Å². The molecule has 34 heavy (non-hydrogen) atoms. The lowest BCUT2D eigenvalue weighted by molar-refractivity contribution is -0.160. The highest BCUT2D eigenvalue weighted by molar-refractivity contribution is 9.09. The van der Waals surface area contributed by atoms with Crippen LogP contribution in [0.4, 0.5) is 5.69 Å². The summed E-state index contributed by atoms with van der Waals surface area (Å²) in [7, 11) is -4.03. The van der Waals surface area contributed by atoms with Crippen molar-refractivity contribution in [3.05, 3.63) is 60.2 Å². The van der Waals surface area contributed by atoms with Gasteiger partial charge in [0.05, 0.1) is 14.9 Å². The summed E-state index contributed by atoms with van der Waals surface area (Å²) in [6, 6.07) is 13.9. The van der Waals surface area contributed by atoms with Crippen LogP contribution >= 0.6 is 15.9 Å². The van der Waals surface area contributed by atoms with Gasteiger partial charge in [-0.25, -0.2) is 12.7 Å². The van der Waals surface area contributed by atoms with Crippen LogP contribution in [0, 0.1) is 0 Å². The highest BCUT2D eigenvalue weighted by atomic mass is 79.9. The first-order valence-electron chi connectivity index (χ1n) is 11.3. The van der Waals surface area contributed by atoms with E-state index in [1.165, 1.54) is 21.3 Å². The molecule has 2 amide bonds. The standard InChI is InChI=1S/C24H26BrN3O5S/c1-16-21(30)27-20(22(31)26(16)13-7-8-14-29)15-24(25)18-11-5-6-12-19(18)28(23(24)27)34(32,33)17-9-3-2-4-10-17/h2-6,9-12,16,20,23,29H,7-8,13-15H2,1H3/t16-,20-,23-,24-/m0/s1. The Morgan fingerprint density at radius 2 is 1.71 bits per heavy atom. The number of hydrogen-bond donors (Lipinski definition) is 1. The zero-order valence-electron chi connectivity index (χ0n) is 18.7. The van der Waals surface area contributed by atoms with Gasteiger partial charge in [-0.2, -0.15) is 0 Å². The first-order chi connectivity index (χ1) is 16.2. The number of hydrogen-bond acceptors (Lipinski definition) is 5. The van der Waals surface area contributed by atoms with Crippen molar-refractivity contribution in [1.29, 1.82) is 0 Å². The number of aliphatic hydroxyl groups is 1. The maximum absolute atomic E-state index is 13.9.